The minimum atomic E-state index is -5.00. The molecule has 0 saturated carbocycles. The highest BCUT2D eigenvalue weighted by molar-refractivity contribution is 8.41. The molecule has 1 aromatic rings. The summed E-state index contributed by atoms with van der Waals surface area (Å²) in [5.74, 6) is 0.546. The Labute approximate surface area is 173 Å². The van der Waals surface area contributed by atoms with Crippen LogP contribution in [0.5, 0.6) is 11.5 Å². The van der Waals surface area contributed by atoms with Gasteiger partial charge in [0.2, 0.25) is 5.75 Å². The van der Waals surface area contributed by atoms with Gasteiger partial charge in [-0.1, -0.05) is 55.8 Å². The maximum atomic E-state index is 11.3. The summed E-state index contributed by atoms with van der Waals surface area (Å²) in [5.41, 5.74) is 0.272. The average molecular weight is 472 g/mol. The van der Waals surface area contributed by atoms with Crippen molar-refractivity contribution in [3.05, 3.63) is 17.7 Å². The summed E-state index contributed by atoms with van der Waals surface area (Å²) >= 11 is 2.89. The standard InChI is InChI=1S/C15H21NO8S4/c1-2-3-4-5-6-11-7-8-12(16-15-25-9-10-26-15)14(24-28(20,21)22)13(11)23-27(17,18)19/h7-8H,2-6,9-10H2,1H3,(H,17,18,19)(H,20,21,22). The van der Waals surface area contributed by atoms with E-state index in [9.17, 15) is 16.8 Å². The Hall–Kier alpha value is -0.990. The average Bonchev–Trinajstić information content (AvgIpc) is 3.07. The lowest BCUT2D eigenvalue weighted by Gasteiger charge is -2.15. The molecule has 0 radical (unpaired) electrons. The molecule has 0 spiro atoms. The van der Waals surface area contributed by atoms with Crippen LogP contribution in [0.3, 0.4) is 0 Å². The predicted octanol–water partition coefficient (Wildman–Crippen LogP) is 3.64. The van der Waals surface area contributed by atoms with E-state index in [1.54, 1.807) is 0 Å². The molecule has 0 amide bonds. The van der Waals surface area contributed by atoms with E-state index in [0.717, 1.165) is 30.8 Å². The van der Waals surface area contributed by atoms with Gasteiger partial charge in [0.1, 0.15) is 10.1 Å². The third-order valence-electron chi connectivity index (χ3n) is 3.60. The fraction of sp³-hybridized carbons (Fsp3) is 0.533. The van der Waals surface area contributed by atoms with Gasteiger partial charge in [-0.3, -0.25) is 9.11 Å². The van der Waals surface area contributed by atoms with Gasteiger partial charge < -0.3 is 8.37 Å². The molecular weight excluding hydrogens is 450 g/mol. The lowest BCUT2D eigenvalue weighted by molar-refractivity contribution is 0.360. The molecule has 2 N–H and O–H groups in total. The van der Waals surface area contributed by atoms with E-state index in [1.807, 2.05) is 6.92 Å². The Morgan fingerprint density at radius 2 is 1.57 bits per heavy atom. The number of nitrogens with zero attached hydrogens (tertiary/aromatic N) is 1. The predicted molar refractivity (Wildman–Crippen MR) is 111 cm³/mol. The maximum Gasteiger partial charge on any atom is 0.446 e. The molecule has 1 aliphatic heterocycles. The third-order valence-corrected chi connectivity index (χ3v) is 6.81. The first-order valence-electron chi connectivity index (χ1n) is 8.43. The van der Waals surface area contributed by atoms with Gasteiger partial charge in [-0.25, -0.2) is 4.99 Å². The topological polar surface area (TPSA) is 140 Å². The summed E-state index contributed by atoms with van der Waals surface area (Å²) in [6.07, 6.45) is 3.88. The number of benzene rings is 1. The van der Waals surface area contributed by atoms with Gasteiger partial charge in [0.25, 0.3) is 0 Å². The van der Waals surface area contributed by atoms with Gasteiger partial charge in [-0.05, 0) is 18.9 Å². The summed E-state index contributed by atoms with van der Waals surface area (Å²) in [4.78, 5) is 4.27. The largest absolute Gasteiger partial charge is 0.446 e. The second-order valence-electron chi connectivity index (χ2n) is 5.81. The van der Waals surface area contributed by atoms with E-state index in [1.165, 1.54) is 35.7 Å². The lowest BCUT2D eigenvalue weighted by Crippen LogP contribution is -2.13. The van der Waals surface area contributed by atoms with Crippen molar-refractivity contribution in [2.24, 2.45) is 4.99 Å². The highest BCUT2D eigenvalue weighted by Crippen LogP contribution is 2.44. The van der Waals surface area contributed by atoms with Gasteiger partial charge in [-0.15, -0.1) is 0 Å². The Morgan fingerprint density at radius 3 is 2.14 bits per heavy atom. The van der Waals surface area contributed by atoms with E-state index in [4.69, 9.17) is 9.11 Å². The van der Waals surface area contributed by atoms with Crippen LogP contribution in [0.25, 0.3) is 0 Å². The van der Waals surface area contributed by atoms with Crippen molar-refractivity contribution in [1.82, 2.24) is 0 Å². The van der Waals surface area contributed by atoms with Crippen LogP contribution >= 0.6 is 23.5 Å². The minimum absolute atomic E-state index is 0.0366. The second kappa shape index (κ2) is 10.2. The quantitative estimate of drug-likeness (QED) is 0.384. The van der Waals surface area contributed by atoms with E-state index in [0.29, 0.717) is 22.8 Å². The van der Waals surface area contributed by atoms with Crippen molar-refractivity contribution in [2.75, 3.05) is 11.5 Å². The molecule has 1 fully saturated rings. The van der Waals surface area contributed by atoms with Crippen LogP contribution in [0.1, 0.15) is 38.2 Å². The van der Waals surface area contributed by atoms with Crippen LogP contribution < -0.4 is 8.37 Å². The van der Waals surface area contributed by atoms with Crippen LogP contribution in [-0.4, -0.2) is 41.8 Å². The molecule has 0 bridgehead atoms. The highest BCUT2D eigenvalue weighted by atomic mass is 32.3. The van der Waals surface area contributed by atoms with Crippen LogP contribution in [0.15, 0.2) is 17.1 Å². The smallest absolute Gasteiger partial charge is 0.357 e. The molecule has 158 valence electrons. The number of rotatable bonds is 10. The fourth-order valence-electron chi connectivity index (χ4n) is 2.47. The number of unbranched alkanes of at least 4 members (excludes halogenated alkanes) is 3. The van der Waals surface area contributed by atoms with Crippen molar-refractivity contribution in [2.45, 2.75) is 39.0 Å². The summed E-state index contributed by atoms with van der Waals surface area (Å²) in [7, 11) is -9.97. The molecule has 0 aliphatic carbocycles. The van der Waals surface area contributed by atoms with Crippen molar-refractivity contribution < 1.29 is 34.3 Å². The first-order chi connectivity index (χ1) is 13.1. The van der Waals surface area contributed by atoms with E-state index >= 15 is 0 Å². The van der Waals surface area contributed by atoms with Crippen LogP contribution in [-0.2, 0) is 27.2 Å². The Morgan fingerprint density at radius 1 is 0.964 bits per heavy atom. The molecule has 2 rings (SSSR count). The van der Waals surface area contributed by atoms with Gasteiger partial charge in [0.05, 0.1) is 0 Å². The molecule has 13 heteroatoms. The van der Waals surface area contributed by atoms with E-state index in [2.05, 4.69) is 13.4 Å². The molecular formula is C15H21NO8S4. The zero-order chi connectivity index (χ0) is 20.8. The number of aliphatic imine (C=N–C) groups is 1. The summed E-state index contributed by atoms with van der Waals surface area (Å²) in [6.45, 7) is 2.04. The SMILES string of the molecule is CCCCCCc1ccc(N=C2SCCS2)c(OS(=O)(=O)O)c1OS(=O)(=O)O. The summed E-state index contributed by atoms with van der Waals surface area (Å²) < 4.78 is 73.4. The maximum absolute atomic E-state index is 11.3. The number of thioether (sulfide) groups is 2. The van der Waals surface area contributed by atoms with Gasteiger partial charge in [0.15, 0.2) is 5.75 Å². The van der Waals surface area contributed by atoms with Crippen molar-refractivity contribution in [3.63, 3.8) is 0 Å². The molecule has 1 aromatic carbocycles. The zero-order valence-corrected chi connectivity index (χ0v) is 18.3. The van der Waals surface area contributed by atoms with Gasteiger partial charge >= 0.3 is 20.8 Å². The Bertz CT molecular complexity index is 920. The molecule has 0 atom stereocenters. The molecule has 1 heterocycles. The third kappa shape index (κ3) is 7.79. The normalized spacial score (nSPS) is 14.9. The first kappa shape index (κ1) is 23.3. The van der Waals surface area contributed by atoms with E-state index in [-0.39, 0.29) is 5.69 Å². The van der Waals surface area contributed by atoms with Gasteiger partial charge in [-0.2, -0.15) is 16.8 Å². The van der Waals surface area contributed by atoms with Crippen molar-refractivity contribution >= 4 is 54.4 Å². The Balaban J connectivity index is 2.53. The number of aryl methyl sites for hydroxylation is 1. The molecule has 1 aliphatic rings. The first-order valence-corrected chi connectivity index (χ1v) is 13.1. The molecule has 0 unspecified atom stereocenters. The number of hydrogen-bond acceptors (Lipinski definition) is 9. The van der Waals surface area contributed by atoms with Crippen molar-refractivity contribution in [3.8, 4) is 11.5 Å². The summed E-state index contributed by atoms with van der Waals surface area (Å²) in [5, 5.41) is 0. The molecule has 9 nitrogen and oxygen atoms in total. The van der Waals surface area contributed by atoms with Crippen molar-refractivity contribution in [1.29, 1.82) is 0 Å². The second-order valence-corrected chi connectivity index (χ2v) is 10.3. The van der Waals surface area contributed by atoms with Gasteiger partial charge in [0, 0.05) is 17.1 Å². The molecule has 0 aromatic heterocycles. The molecule has 1 saturated heterocycles. The Kier molecular flexibility index (Phi) is 8.45. The van der Waals surface area contributed by atoms with Crippen LogP contribution in [0.4, 0.5) is 5.69 Å². The lowest BCUT2D eigenvalue weighted by atomic mass is 10.0. The zero-order valence-electron chi connectivity index (χ0n) is 15.0. The molecule has 28 heavy (non-hydrogen) atoms. The van der Waals surface area contributed by atoms with Crippen LogP contribution in [0, 0.1) is 0 Å². The fourth-order valence-corrected chi connectivity index (χ4v) is 5.41. The van der Waals surface area contributed by atoms with Crippen LogP contribution in [0.2, 0.25) is 0 Å². The minimum Gasteiger partial charge on any atom is -0.357 e. The summed E-state index contributed by atoms with van der Waals surface area (Å²) in [6, 6.07) is 2.99. The number of hydrogen-bond donors (Lipinski definition) is 2. The van der Waals surface area contributed by atoms with E-state index < -0.39 is 32.3 Å². The monoisotopic (exact) mass is 471 g/mol. The highest BCUT2D eigenvalue weighted by Gasteiger charge is 2.25.